The van der Waals surface area contributed by atoms with Crippen LogP contribution in [-0.4, -0.2) is 54.8 Å². The maximum Gasteiger partial charge on any atom is 0.310 e. The summed E-state index contributed by atoms with van der Waals surface area (Å²) in [6.07, 6.45) is 7.00. The molecule has 5 rings (SSSR count). The molecule has 9 heteroatoms. The number of esters is 1. The zero-order valence-corrected chi connectivity index (χ0v) is 24.3. The van der Waals surface area contributed by atoms with Crippen molar-refractivity contribution in [1.29, 1.82) is 0 Å². The molecular weight excluding hydrogens is 549 g/mol. The minimum Gasteiger partial charge on any atom is -0.494 e. The van der Waals surface area contributed by atoms with E-state index in [9.17, 15) is 9.59 Å². The van der Waals surface area contributed by atoms with E-state index in [4.69, 9.17) is 32.7 Å². The molecule has 1 aliphatic heterocycles. The Morgan fingerprint density at radius 1 is 0.925 bits per heavy atom. The monoisotopic (exact) mass is 585 g/mol. The standard InChI is InChI=1S/C31H37Cl2N3O4/c32-26-9-6-10-27(30(26)33)35-18-16-34(17-19-35)15-4-5-20-39-25-13-11-23-12-14-29(37)36(28(23)21-25)22-40-31(38)24-7-2-1-3-8-24/h6,9-14,21,24H,1-5,7-8,15-20,22H2. The fourth-order valence-electron chi connectivity index (χ4n) is 5.65. The zero-order valence-electron chi connectivity index (χ0n) is 22.8. The molecule has 3 aromatic rings. The number of fused-ring (bicyclic) bond motifs is 1. The van der Waals surface area contributed by atoms with Crippen LogP contribution in [0.1, 0.15) is 44.9 Å². The van der Waals surface area contributed by atoms with Gasteiger partial charge in [0.25, 0.3) is 5.56 Å². The van der Waals surface area contributed by atoms with Gasteiger partial charge in [-0.25, -0.2) is 0 Å². The molecule has 0 unspecified atom stereocenters. The van der Waals surface area contributed by atoms with Crippen molar-refractivity contribution in [1.82, 2.24) is 9.47 Å². The van der Waals surface area contributed by atoms with Crippen molar-refractivity contribution in [2.75, 3.05) is 44.2 Å². The summed E-state index contributed by atoms with van der Waals surface area (Å²) >= 11 is 12.6. The lowest BCUT2D eigenvalue weighted by Gasteiger charge is -2.36. The average molecular weight is 587 g/mol. The lowest BCUT2D eigenvalue weighted by molar-refractivity contribution is -0.153. The van der Waals surface area contributed by atoms with Crippen LogP contribution in [0.15, 0.2) is 53.3 Å². The molecule has 1 saturated carbocycles. The number of halogens is 2. The van der Waals surface area contributed by atoms with E-state index in [0.717, 1.165) is 82.3 Å². The number of unbranched alkanes of at least 4 members (excludes halogenated alkanes) is 1. The molecule has 0 atom stereocenters. The van der Waals surface area contributed by atoms with Crippen LogP contribution in [-0.2, 0) is 16.3 Å². The highest BCUT2D eigenvalue weighted by atomic mass is 35.5. The summed E-state index contributed by atoms with van der Waals surface area (Å²) in [5.74, 6) is 0.451. The lowest BCUT2D eigenvalue weighted by Crippen LogP contribution is -2.46. The third kappa shape index (κ3) is 7.12. The summed E-state index contributed by atoms with van der Waals surface area (Å²) in [6, 6.07) is 14.8. The Morgan fingerprint density at radius 2 is 1.70 bits per heavy atom. The maximum atomic E-state index is 12.6. The van der Waals surface area contributed by atoms with Crippen molar-refractivity contribution in [2.45, 2.75) is 51.7 Å². The number of carbonyl (C=O) groups is 1. The summed E-state index contributed by atoms with van der Waals surface area (Å²) in [5.41, 5.74) is 1.52. The van der Waals surface area contributed by atoms with Gasteiger partial charge >= 0.3 is 5.97 Å². The SMILES string of the molecule is O=C(OCn1c(=O)ccc2ccc(OCCCCN3CCN(c4cccc(Cl)c4Cl)CC3)cc21)C1CCCCC1. The van der Waals surface area contributed by atoms with Gasteiger partial charge in [-0.2, -0.15) is 0 Å². The van der Waals surface area contributed by atoms with Crippen molar-refractivity contribution in [3.63, 3.8) is 0 Å². The molecule has 0 amide bonds. The van der Waals surface area contributed by atoms with Crippen LogP contribution in [0.2, 0.25) is 10.0 Å². The molecule has 2 aliphatic rings. The van der Waals surface area contributed by atoms with Gasteiger partial charge in [-0.1, -0.05) is 48.5 Å². The Bertz CT molecular complexity index is 1360. The number of hydrogen-bond donors (Lipinski definition) is 0. The van der Waals surface area contributed by atoms with E-state index < -0.39 is 0 Å². The number of anilines is 1. The quantitative estimate of drug-likeness (QED) is 0.203. The van der Waals surface area contributed by atoms with E-state index in [0.29, 0.717) is 27.9 Å². The molecular formula is C31H37Cl2N3O4. The van der Waals surface area contributed by atoms with E-state index in [2.05, 4.69) is 9.80 Å². The molecule has 0 spiro atoms. The average Bonchev–Trinajstić information content (AvgIpc) is 2.98. The Hall–Kier alpha value is -2.74. The Morgan fingerprint density at radius 3 is 2.50 bits per heavy atom. The normalized spacial score (nSPS) is 16.8. The van der Waals surface area contributed by atoms with Gasteiger partial charge in [-0.15, -0.1) is 0 Å². The summed E-state index contributed by atoms with van der Waals surface area (Å²) in [6.45, 7) is 5.35. The van der Waals surface area contributed by atoms with Gasteiger partial charge < -0.3 is 14.4 Å². The van der Waals surface area contributed by atoms with Gasteiger partial charge in [0.15, 0.2) is 6.73 Å². The van der Waals surface area contributed by atoms with Crippen LogP contribution in [0.5, 0.6) is 5.75 Å². The number of piperazine rings is 1. The number of carbonyl (C=O) groups excluding carboxylic acids is 1. The minimum atomic E-state index is -0.203. The number of benzene rings is 2. The summed E-state index contributed by atoms with van der Waals surface area (Å²) in [4.78, 5) is 29.9. The fraction of sp³-hybridized carbons (Fsp3) is 0.484. The van der Waals surface area contributed by atoms with Gasteiger partial charge in [0.2, 0.25) is 0 Å². The van der Waals surface area contributed by atoms with E-state index in [-0.39, 0.29) is 24.2 Å². The van der Waals surface area contributed by atoms with Crippen LogP contribution < -0.4 is 15.2 Å². The summed E-state index contributed by atoms with van der Waals surface area (Å²) < 4.78 is 13.1. The van der Waals surface area contributed by atoms with Crippen LogP contribution in [0, 0.1) is 5.92 Å². The van der Waals surface area contributed by atoms with Crippen LogP contribution in [0.3, 0.4) is 0 Å². The predicted octanol–water partition coefficient (Wildman–Crippen LogP) is 6.37. The molecule has 2 aromatic carbocycles. The van der Waals surface area contributed by atoms with E-state index in [1.165, 1.54) is 17.1 Å². The second kappa shape index (κ2) is 13.7. The van der Waals surface area contributed by atoms with E-state index in [1.54, 1.807) is 6.07 Å². The van der Waals surface area contributed by atoms with Crippen molar-refractivity contribution in [3.8, 4) is 5.75 Å². The molecule has 0 N–H and O–H groups in total. The second-order valence-electron chi connectivity index (χ2n) is 10.7. The molecule has 1 saturated heterocycles. The lowest BCUT2D eigenvalue weighted by atomic mass is 9.89. The van der Waals surface area contributed by atoms with Gasteiger partial charge in [0.05, 0.1) is 33.8 Å². The molecule has 1 aliphatic carbocycles. The first-order chi connectivity index (χ1) is 19.5. The molecule has 0 bridgehead atoms. The van der Waals surface area contributed by atoms with Gasteiger partial charge in [0, 0.05) is 38.3 Å². The van der Waals surface area contributed by atoms with Crippen molar-refractivity contribution >= 4 is 45.8 Å². The van der Waals surface area contributed by atoms with Gasteiger partial charge in [0.1, 0.15) is 5.75 Å². The summed E-state index contributed by atoms with van der Waals surface area (Å²) in [5, 5.41) is 2.12. The Labute approximate surface area is 245 Å². The zero-order chi connectivity index (χ0) is 27.9. The largest absolute Gasteiger partial charge is 0.494 e. The van der Waals surface area contributed by atoms with E-state index >= 15 is 0 Å². The highest BCUT2D eigenvalue weighted by molar-refractivity contribution is 6.43. The molecule has 40 heavy (non-hydrogen) atoms. The van der Waals surface area contributed by atoms with Crippen molar-refractivity contribution < 1.29 is 14.3 Å². The number of nitrogens with zero attached hydrogens (tertiary/aromatic N) is 3. The fourth-order valence-corrected chi connectivity index (χ4v) is 6.07. The molecule has 1 aromatic heterocycles. The first-order valence-electron chi connectivity index (χ1n) is 14.3. The third-order valence-electron chi connectivity index (χ3n) is 8.02. The molecule has 7 nitrogen and oxygen atoms in total. The van der Waals surface area contributed by atoms with Crippen LogP contribution >= 0.6 is 23.2 Å². The molecule has 2 fully saturated rings. The highest BCUT2D eigenvalue weighted by Gasteiger charge is 2.23. The first kappa shape index (κ1) is 28.8. The predicted molar refractivity (Wildman–Crippen MR) is 161 cm³/mol. The molecule has 2 heterocycles. The van der Waals surface area contributed by atoms with Gasteiger partial charge in [-0.05, 0) is 67.9 Å². The molecule has 0 radical (unpaired) electrons. The number of pyridine rings is 1. The van der Waals surface area contributed by atoms with E-state index in [1.807, 2.05) is 36.4 Å². The maximum absolute atomic E-state index is 12.6. The number of aromatic nitrogens is 1. The smallest absolute Gasteiger partial charge is 0.310 e. The number of ether oxygens (including phenoxy) is 2. The minimum absolute atomic E-state index is 0.0522. The van der Waals surface area contributed by atoms with Crippen molar-refractivity contribution in [2.24, 2.45) is 5.92 Å². The van der Waals surface area contributed by atoms with Gasteiger partial charge in [-0.3, -0.25) is 19.1 Å². The topological polar surface area (TPSA) is 64.0 Å². The first-order valence-corrected chi connectivity index (χ1v) is 15.1. The highest BCUT2D eigenvalue weighted by Crippen LogP contribution is 2.33. The number of rotatable bonds is 10. The Kier molecular flexibility index (Phi) is 9.89. The second-order valence-corrected chi connectivity index (χ2v) is 11.5. The molecule has 214 valence electrons. The van der Waals surface area contributed by atoms with Crippen LogP contribution in [0.4, 0.5) is 5.69 Å². The number of hydrogen-bond acceptors (Lipinski definition) is 6. The Balaban J connectivity index is 1.08. The van der Waals surface area contributed by atoms with Crippen LogP contribution in [0.25, 0.3) is 10.9 Å². The third-order valence-corrected chi connectivity index (χ3v) is 8.83. The van der Waals surface area contributed by atoms with Crippen molar-refractivity contribution in [3.05, 3.63) is 68.9 Å². The summed E-state index contributed by atoms with van der Waals surface area (Å²) in [7, 11) is 0.